The fraction of sp³-hybridized carbons (Fsp3) is 0.409. The maximum Gasteiger partial charge on any atom is 0.163 e. The number of nitrogens with zero attached hydrogens (tertiary/aromatic N) is 5. The summed E-state index contributed by atoms with van der Waals surface area (Å²) in [6.45, 7) is 4.45. The molecule has 0 amide bonds. The van der Waals surface area contributed by atoms with Crippen LogP contribution in [-0.4, -0.2) is 48.5 Å². The number of rotatable bonds is 4. The zero-order chi connectivity index (χ0) is 21.2. The van der Waals surface area contributed by atoms with E-state index in [0.717, 1.165) is 28.9 Å². The van der Waals surface area contributed by atoms with E-state index in [2.05, 4.69) is 19.5 Å². The van der Waals surface area contributed by atoms with Gasteiger partial charge in [0.2, 0.25) is 0 Å². The molecule has 0 aromatic carbocycles. The minimum Gasteiger partial charge on any atom is -0.493 e. The average molecular weight is 420 g/mol. The minimum absolute atomic E-state index is 0.0632. The predicted octanol–water partition coefficient (Wildman–Crippen LogP) is 2.82. The van der Waals surface area contributed by atoms with Crippen molar-refractivity contribution in [3.63, 3.8) is 0 Å². The van der Waals surface area contributed by atoms with E-state index in [0.29, 0.717) is 12.4 Å². The number of hydrogen-bond acceptors (Lipinski definition) is 7. The van der Waals surface area contributed by atoms with Crippen molar-refractivity contribution in [3.8, 4) is 5.75 Å². The average Bonchev–Trinajstić information content (AvgIpc) is 3.49. The Morgan fingerprint density at radius 2 is 2.00 bits per heavy atom. The summed E-state index contributed by atoms with van der Waals surface area (Å²) < 4.78 is 22.9. The minimum atomic E-state index is -0.641. The summed E-state index contributed by atoms with van der Waals surface area (Å²) in [6, 6.07) is 5.93. The van der Waals surface area contributed by atoms with E-state index < -0.39 is 5.79 Å². The van der Waals surface area contributed by atoms with Gasteiger partial charge in [0.1, 0.15) is 35.3 Å². The van der Waals surface area contributed by atoms with E-state index in [9.17, 15) is 0 Å². The first-order valence-corrected chi connectivity index (χ1v) is 10.5. The lowest BCUT2D eigenvalue weighted by molar-refractivity contribution is -0.161. The van der Waals surface area contributed by atoms with Crippen LogP contribution < -0.4 is 10.5 Å². The Hall–Kier alpha value is -3.17. The molecule has 9 heteroatoms. The zero-order valence-electron chi connectivity index (χ0n) is 17.4. The van der Waals surface area contributed by atoms with Gasteiger partial charge in [0.15, 0.2) is 5.79 Å². The number of fused-ring (bicyclic) bond motifs is 3. The summed E-state index contributed by atoms with van der Waals surface area (Å²) >= 11 is 0. The number of pyridine rings is 1. The van der Waals surface area contributed by atoms with Crippen molar-refractivity contribution in [1.29, 1.82) is 0 Å². The highest BCUT2D eigenvalue weighted by atomic mass is 16.8. The smallest absolute Gasteiger partial charge is 0.163 e. The molecule has 9 nitrogen and oxygen atoms in total. The normalized spacial score (nSPS) is 27.2. The molecule has 1 aliphatic carbocycles. The van der Waals surface area contributed by atoms with Crippen LogP contribution in [0.5, 0.6) is 5.75 Å². The van der Waals surface area contributed by atoms with Crippen molar-refractivity contribution in [2.24, 2.45) is 5.92 Å². The van der Waals surface area contributed by atoms with Gasteiger partial charge in [-0.1, -0.05) is 0 Å². The van der Waals surface area contributed by atoms with Crippen LogP contribution in [0.1, 0.15) is 26.3 Å². The second kappa shape index (κ2) is 6.66. The van der Waals surface area contributed by atoms with E-state index >= 15 is 0 Å². The van der Waals surface area contributed by atoms with Crippen LogP contribution in [0.4, 0.5) is 5.82 Å². The van der Waals surface area contributed by atoms with Crippen LogP contribution in [-0.2, 0) is 9.47 Å². The van der Waals surface area contributed by atoms with E-state index in [1.54, 1.807) is 6.20 Å². The first-order chi connectivity index (χ1) is 15.0. The van der Waals surface area contributed by atoms with Gasteiger partial charge in [-0.05, 0) is 32.4 Å². The van der Waals surface area contributed by atoms with Gasteiger partial charge in [0, 0.05) is 36.8 Å². The quantitative estimate of drug-likeness (QED) is 0.542. The summed E-state index contributed by atoms with van der Waals surface area (Å²) in [5, 5.41) is 0.852. The third-order valence-corrected chi connectivity index (χ3v) is 6.28. The van der Waals surface area contributed by atoms with Gasteiger partial charge in [-0.2, -0.15) is 0 Å². The van der Waals surface area contributed by atoms with E-state index in [1.165, 1.54) is 6.33 Å². The lowest BCUT2D eigenvalue weighted by Gasteiger charge is -2.24. The molecule has 2 fully saturated rings. The van der Waals surface area contributed by atoms with Gasteiger partial charge in [0.05, 0.1) is 24.1 Å². The number of nitrogens with two attached hydrogens (primary N) is 1. The van der Waals surface area contributed by atoms with Crippen LogP contribution in [0.3, 0.4) is 0 Å². The summed E-state index contributed by atoms with van der Waals surface area (Å²) in [5.74, 6) is 0.808. The Morgan fingerprint density at radius 1 is 1.13 bits per heavy atom. The van der Waals surface area contributed by atoms with Crippen LogP contribution in [0.2, 0.25) is 0 Å². The molecule has 31 heavy (non-hydrogen) atoms. The summed E-state index contributed by atoms with van der Waals surface area (Å²) in [6.07, 6.45) is 9.85. The Kier molecular flexibility index (Phi) is 4.00. The molecular formula is C22H24N6O3. The standard InChI is InChI=1S/C22H24N6O3/c1-22(2)30-18-13(11-29-14-3-6-27-8-5-24-17(27)10-14)9-16(19(18)31-22)28-7-4-15-20(23)25-12-26-21(15)28/h3-8,10,12-13,16,18-19H,9,11H2,1-2H3,(H2,23,25,26)/t13-,16-,18-,19+/m1/s1. The molecule has 1 saturated carbocycles. The van der Waals surface area contributed by atoms with E-state index in [4.69, 9.17) is 19.9 Å². The molecule has 4 aromatic heterocycles. The van der Waals surface area contributed by atoms with Crippen LogP contribution in [0.25, 0.3) is 16.7 Å². The molecule has 1 aliphatic heterocycles. The molecule has 1 saturated heterocycles. The molecular weight excluding hydrogens is 396 g/mol. The number of imidazole rings is 1. The number of nitrogen functional groups attached to an aromatic ring is 1. The monoisotopic (exact) mass is 420 g/mol. The SMILES string of the molecule is CC1(C)O[C@@H]2[C@@H](COc3ccn4ccnc4c3)C[C@@H](n3ccc4c(N)ncnc43)[C@@H]2O1. The largest absolute Gasteiger partial charge is 0.493 e. The first-order valence-electron chi connectivity index (χ1n) is 10.5. The first kappa shape index (κ1) is 18.6. The van der Waals surface area contributed by atoms with Gasteiger partial charge in [0.25, 0.3) is 0 Å². The molecule has 5 heterocycles. The van der Waals surface area contributed by atoms with Crippen molar-refractivity contribution < 1.29 is 14.2 Å². The number of anilines is 1. The molecule has 4 atom stereocenters. The lowest BCUT2D eigenvalue weighted by Crippen LogP contribution is -2.29. The molecule has 0 bridgehead atoms. The number of ether oxygens (including phenoxy) is 3. The summed E-state index contributed by atoms with van der Waals surface area (Å²) in [5.41, 5.74) is 7.72. The third kappa shape index (κ3) is 3.03. The van der Waals surface area contributed by atoms with Crippen molar-refractivity contribution >= 4 is 22.5 Å². The summed E-state index contributed by atoms with van der Waals surface area (Å²) in [7, 11) is 0. The van der Waals surface area contributed by atoms with Crippen LogP contribution >= 0.6 is 0 Å². The molecule has 2 aliphatic rings. The molecule has 2 N–H and O–H groups in total. The Labute approximate surface area is 178 Å². The highest BCUT2D eigenvalue weighted by molar-refractivity contribution is 5.86. The van der Waals surface area contributed by atoms with Crippen molar-refractivity contribution in [2.45, 2.75) is 44.3 Å². The summed E-state index contributed by atoms with van der Waals surface area (Å²) in [4.78, 5) is 12.9. The highest BCUT2D eigenvalue weighted by Gasteiger charge is 2.54. The van der Waals surface area contributed by atoms with Gasteiger partial charge in [-0.15, -0.1) is 0 Å². The second-order valence-corrected chi connectivity index (χ2v) is 8.71. The lowest BCUT2D eigenvalue weighted by atomic mass is 10.1. The van der Waals surface area contributed by atoms with Gasteiger partial charge < -0.3 is 28.9 Å². The van der Waals surface area contributed by atoms with E-state index in [1.807, 2.05) is 55.0 Å². The van der Waals surface area contributed by atoms with E-state index in [-0.39, 0.29) is 24.2 Å². The molecule has 6 rings (SSSR count). The second-order valence-electron chi connectivity index (χ2n) is 8.71. The molecule has 0 radical (unpaired) electrons. The number of aromatic nitrogens is 5. The molecule has 160 valence electrons. The Morgan fingerprint density at radius 3 is 2.90 bits per heavy atom. The zero-order valence-corrected chi connectivity index (χ0v) is 17.4. The van der Waals surface area contributed by atoms with Crippen molar-refractivity contribution in [1.82, 2.24) is 23.9 Å². The molecule has 0 spiro atoms. The molecule has 0 unspecified atom stereocenters. The highest BCUT2D eigenvalue weighted by Crippen LogP contribution is 2.47. The predicted molar refractivity (Wildman–Crippen MR) is 114 cm³/mol. The van der Waals surface area contributed by atoms with Crippen LogP contribution in [0, 0.1) is 5.92 Å². The maximum absolute atomic E-state index is 6.33. The van der Waals surface area contributed by atoms with Crippen molar-refractivity contribution in [2.75, 3.05) is 12.3 Å². The topological polar surface area (TPSA) is 102 Å². The van der Waals surface area contributed by atoms with Crippen molar-refractivity contribution in [3.05, 3.63) is 49.3 Å². The van der Waals surface area contributed by atoms with Gasteiger partial charge >= 0.3 is 0 Å². The molecule has 4 aromatic rings. The Balaban J connectivity index is 1.28. The fourth-order valence-corrected chi connectivity index (χ4v) is 4.94. The van der Waals surface area contributed by atoms with Gasteiger partial charge in [-0.25, -0.2) is 15.0 Å². The third-order valence-electron chi connectivity index (χ3n) is 6.28. The Bertz CT molecular complexity index is 1260. The maximum atomic E-state index is 6.33. The fourth-order valence-electron chi connectivity index (χ4n) is 4.94. The van der Waals surface area contributed by atoms with Crippen LogP contribution in [0.15, 0.2) is 49.3 Å². The van der Waals surface area contributed by atoms with Gasteiger partial charge in [-0.3, -0.25) is 0 Å². The number of hydrogen-bond donors (Lipinski definition) is 1.